The molecule has 6 nitrogen and oxygen atoms in total. The van der Waals surface area contributed by atoms with Crippen molar-refractivity contribution in [1.29, 1.82) is 0 Å². The van der Waals surface area contributed by atoms with Crippen LogP contribution in [0, 0.1) is 5.41 Å². The van der Waals surface area contributed by atoms with E-state index in [9.17, 15) is 9.59 Å². The molecule has 1 heterocycles. The number of carbonyl (C=O) groups is 2. The molecule has 2 aromatic rings. The van der Waals surface area contributed by atoms with Crippen LogP contribution in [0.2, 0.25) is 10.0 Å². The SMILES string of the molecule is CCCSN(C(=O)N1CC(C)(C(=O)OC)C(c2ccc(Cl)cc2)=N1)c1ccc(Cl)cc1. The Morgan fingerprint density at radius 1 is 1.13 bits per heavy atom. The smallest absolute Gasteiger partial charge is 0.355 e. The molecule has 164 valence electrons. The minimum Gasteiger partial charge on any atom is -0.468 e. The van der Waals surface area contributed by atoms with Crippen LogP contribution in [0.15, 0.2) is 53.6 Å². The van der Waals surface area contributed by atoms with E-state index in [1.807, 2.05) is 6.92 Å². The lowest BCUT2D eigenvalue weighted by atomic mass is 9.82. The summed E-state index contributed by atoms with van der Waals surface area (Å²) < 4.78 is 6.62. The number of ether oxygens (including phenoxy) is 1. The number of hydrogen-bond acceptors (Lipinski definition) is 5. The van der Waals surface area contributed by atoms with E-state index < -0.39 is 11.4 Å². The van der Waals surface area contributed by atoms with Gasteiger partial charge in [0.25, 0.3) is 0 Å². The first kappa shape index (κ1) is 23.4. The molecule has 0 saturated heterocycles. The van der Waals surface area contributed by atoms with Gasteiger partial charge in [0.1, 0.15) is 5.41 Å². The highest BCUT2D eigenvalue weighted by Gasteiger charge is 2.49. The molecule has 0 aromatic heterocycles. The van der Waals surface area contributed by atoms with Gasteiger partial charge in [-0.2, -0.15) is 5.10 Å². The van der Waals surface area contributed by atoms with Crippen molar-refractivity contribution < 1.29 is 14.3 Å². The van der Waals surface area contributed by atoms with Crippen LogP contribution < -0.4 is 4.31 Å². The number of amides is 2. The Balaban J connectivity index is 1.99. The molecule has 1 unspecified atom stereocenters. The number of nitrogens with zero attached hydrogens (tertiary/aromatic N) is 3. The first-order chi connectivity index (χ1) is 14.8. The van der Waals surface area contributed by atoms with Crippen molar-refractivity contribution in [3.8, 4) is 0 Å². The van der Waals surface area contributed by atoms with Crippen LogP contribution in [-0.4, -0.2) is 42.1 Å². The van der Waals surface area contributed by atoms with E-state index in [4.69, 9.17) is 27.9 Å². The highest BCUT2D eigenvalue weighted by atomic mass is 35.5. The molecule has 1 aliphatic heterocycles. The molecule has 9 heteroatoms. The van der Waals surface area contributed by atoms with Crippen LogP contribution in [0.5, 0.6) is 0 Å². The van der Waals surface area contributed by atoms with Crippen molar-refractivity contribution in [1.82, 2.24) is 5.01 Å². The number of benzene rings is 2. The van der Waals surface area contributed by atoms with Gasteiger partial charge in [-0.3, -0.25) is 4.79 Å². The molecule has 0 saturated carbocycles. The van der Waals surface area contributed by atoms with E-state index in [0.717, 1.165) is 12.2 Å². The highest BCUT2D eigenvalue weighted by molar-refractivity contribution is 8.01. The number of anilines is 1. The monoisotopic (exact) mass is 479 g/mol. The molecule has 3 rings (SSSR count). The molecule has 31 heavy (non-hydrogen) atoms. The fourth-order valence-corrected chi connectivity index (χ4v) is 4.32. The van der Waals surface area contributed by atoms with Crippen molar-refractivity contribution in [2.45, 2.75) is 20.3 Å². The van der Waals surface area contributed by atoms with Crippen molar-refractivity contribution >= 4 is 58.5 Å². The van der Waals surface area contributed by atoms with Gasteiger partial charge in [-0.05, 0) is 67.3 Å². The third-order valence-corrected chi connectivity index (χ3v) is 6.56. The van der Waals surface area contributed by atoms with Gasteiger partial charge in [0.15, 0.2) is 0 Å². The number of carbonyl (C=O) groups excluding carboxylic acids is 2. The lowest BCUT2D eigenvalue weighted by Crippen LogP contribution is -2.43. The molecule has 0 fully saturated rings. The largest absolute Gasteiger partial charge is 0.468 e. The molecule has 2 aromatic carbocycles. The predicted molar refractivity (Wildman–Crippen MR) is 127 cm³/mol. The van der Waals surface area contributed by atoms with E-state index in [0.29, 0.717) is 27.0 Å². The average molecular weight is 480 g/mol. The van der Waals surface area contributed by atoms with Crippen molar-refractivity contribution in [2.75, 3.05) is 23.7 Å². The molecule has 0 spiro atoms. The van der Waals surface area contributed by atoms with Crippen LogP contribution in [0.4, 0.5) is 10.5 Å². The van der Waals surface area contributed by atoms with Crippen molar-refractivity contribution in [2.24, 2.45) is 10.5 Å². The zero-order valence-electron chi connectivity index (χ0n) is 17.5. The van der Waals surface area contributed by atoms with E-state index in [1.165, 1.54) is 24.1 Å². The van der Waals surface area contributed by atoms with E-state index in [-0.39, 0.29) is 12.6 Å². The minimum atomic E-state index is -1.11. The van der Waals surface area contributed by atoms with Gasteiger partial charge < -0.3 is 4.74 Å². The van der Waals surface area contributed by atoms with E-state index in [2.05, 4.69) is 5.10 Å². The molecule has 0 bridgehead atoms. The first-order valence-electron chi connectivity index (χ1n) is 9.73. The summed E-state index contributed by atoms with van der Waals surface area (Å²) in [6.45, 7) is 3.83. The molecule has 0 radical (unpaired) electrons. The third-order valence-electron chi connectivity index (χ3n) is 4.84. The molecule has 1 atom stereocenters. The Labute approximate surface area is 196 Å². The molecule has 2 amide bonds. The summed E-state index contributed by atoms with van der Waals surface area (Å²) in [5.41, 5.74) is 0.731. The lowest BCUT2D eigenvalue weighted by Gasteiger charge is -2.27. The summed E-state index contributed by atoms with van der Waals surface area (Å²) in [5.74, 6) is 0.278. The number of methoxy groups -OCH3 is 1. The quantitative estimate of drug-likeness (QED) is 0.383. The van der Waals surface area contributed by atoms with Crippen LogP contribution in [-0.2, 0) is 9.53 Å². The van der Waals surface area contributed by atoms with Gasteiger partial charge in [0.2, 0.25) is 0 Å². The highest BCUT2D eigenvalue weighted by Crippen LogP contribution is 2.35. The van der Waals surface area contributed by atoms with Crippen LogP contribution >= 0.6 is 35.1 Å². The minimum absolute atomic E-state index is 0.0627. The topological polar surface area (TPSA) is 62.2 Å². The third kappa shape index (κ3) is 5.00. The maximum atomic E-state index is 13.5. The van der Waals surface area contributed by atoms with E-state index in [1.54, 1.807) is 59.8 Å². The van der Waals surface area contributed by atoms with Gasteiger partial charge in [-0.25, -0.2) is 14.1 Å². The molecule has 0 aliphatic carbocycles. The summed E-state index contributed by atoms with van der Waals surface area (Å²) in [7, 11) is 1.33. The predicted octanol–water partition coefficient (Wildman–Crippen LogP) is 5.88. The zero-order chi connectivity index (χ0) is 22.6. The van der Waals surface area contributed by atoms with Gasteiger partial charge in [0, 0.05) is 15.8 Å². The zero-order valence-corrected chi connectivity index (χ0v) is 19.8. The number of hydrazone groups is 1. The standard InChI is InChI=1S/C22H23Cl2N3O3S/c1-4-13-31-27(18-11-9-17(24)10-12-18)21(29)26-14-22(2,20(28)30-3)19(25-26)15-5-7-16(23)8-6-15/h5-12H,4,13-14H2,1-3H3. The number of urea groups is 1. The number of esters is 1. The fourth-order valence-electron chi connectivity index (χ4n) is 3.23. The van der Waals surface area contributed by atoms with Gasteiger partial charge >= 0.3 is 12.0 Å². The first-order valence-corrected chi connectivity index (χ1v) is 11.4. The second kappa shape index (κ2) is 9.94. The Morgan fingerprint density at radius 2 is 1.71 bits per heavy atom. The Bertz CT molecular complexity index is 983. The maximum absolute atomic E-state index is 13.5. The van der Waals surface area contributed by atoms with Crippen LogP contribution in [0.1, 0.15) is 25.8 Å². The maximum Gasteiger partial charge on any atom is 0.355 e. The van der Waals surface area contributed by atoms with Gasteiger partial charge in [-0.15, -0.1) is 0 Å². The van der Waals surface area contributed by atoms with Gasteiger partial charge in [-0.1, -0.05) is 42.3 Å². The Hall–Kier alpha value is -2.22. The summed E-state index contributed by atoms with van der Waals surface area (Å²) in [5, 5.41) is 7.03. The fraction of sp³-hybridized carbons (Fsp3) is 0.318. The normalized spacial score (nSPS) is 18.0. The van der Waals surface area contributed by atoms with Crippen LogP contribution in [0.25, 0.3) is 0 Å². The van der Waals surface area contributed by atoms with Crippen molar-refractivity contribution in [3.63, 3.8) is 0 Å². The summed E-state index contributed by atoms with van der Waals surface area (Å²) >= 11 is 13.4. The Kier molecular flexibility index (Phi) is 7.51. The molecule has 0 N–H and O–H groups in total. The van der Waals surface area contributed by atoms with Gasteiger partial charge in [0.05, 0.1) is 25.1 Å². The van der Waals surface area contributed by atoms with Crippen molar-refractivity contribution in [3.05, 3.63) is 64.1 Å². The second-order valence-electron chi connectivity index (χ2n) is 7.22. The summed E-state index contributed by atoms with van der Waals surface area (Å²) in [4.78, 5) is 26.2. The molecular formula is C22H23Cl2N3O3S. The van der Waals surface area contributed by atoms with Crippen LogP contribution in [0.3, 0.4) is 0 Å². The second-order valence-corrected chi connectivity index (χ2v) is 9.13. The number of halogens is 2. The number of hydrogen-bond donors (Lipinski definition) is 0. The summed E-state index contributed by atoms with van der Waals surface area (Å²) in [6, 6.07) is 13.7. The Morgan fingerprint density at radius 3 is 2.26 bits per heavy atom. The lowest BCUT2D eigenvalue weighted by molar-refractivity contribution is -0.147. The molecular weight excluding hydrogens is 457 g/mol. The number of rotatable bonds is 6. The average Bonchev–Trinajstić information content (AvgIpc) is 3.13. The van der Waals surface area contributed by atoms with E-state index >= 15 is 0 Å². The molecule has 1 aliphatic rings. The summed E-state index contributed by atoms with van der Waals surface area (Å²) in [6.07, 6.45) is 0.890.